The van der Waals surface area contributed by atoms with Gasteiger partial charge in [-0.1, -0.05) is 6.07 Å². The number of carbonyl (C=O) groups is 1. The summed E-state index contributed by atoms with van der Waals surface area (Å²) in [6.45, 7) is 0.380. The van der Waals surface area contributed by atoms with E-state index in [0.29, 0.717) is 17.4 Å². The number of aromatic nitrogens is 1. The predicted octanol–water partition coefficient (Wildman–Crippen LogP) is 0.695. The summed E-state index contributed by atoms with van der Waals surface area (Å²) >= 11 is 0. The molecule has 0 saturated carbocycles. The van der Waals surface area contributed by atoms with Crippen LogP contribution in [-0.4, -0.2) is 15.6 Å². The summed E-state index contributed by atoms with van der Waals surface area (Å²) in [6, 6.07) is 5.14. The van der Waals surface area contributed by atoms with Crippen LogP contribution in [0.2, 0.25) is 0 Å². The van der Waals surface area contributed by atoms with Crippen LogP contribution in [0.1, 0.15) is 15.9 Å². The van der Waals surface area contributed by atoms with Gasteiger partial charge in [0.05, 0.1) is 5.52 Å². The van der Waals surface area contributed by atoms with Gasteiger partial charge in [-0.05, 0) is 17.7 Å². The summed E-state index contributed by atoms with van der Waals surface area (Å²) < 4.78 is 1.62. The van der Waals surface area contributed by atoms with E-state index in [4.69, 9.17) is 10.8 Å². The van der Waals surface area contributed by atoms with Gasteiger partial charge in [0.25, 0.3) is 0 Å². The topological polar surface area (TPSA) is 85.3 Å². The maximum Gasteiger partial charge on any atom is 0.341 e. The summed E-state index contributed by atoms with van der Waals surface area (Å²) in [5, 5.41) is 9.31. The van der Waals surface area contributed by atoms with Gasteiger partial charge < -0.3 is 15.4 Å². The SMILES string of the molecule is Cn1cc(C(=O)O)c(=O)c2ccc(CN)cc21. The number of carboxylic acids is 1. The number of aromatic carboxylic acids is 1. The van der Waals surface area contributed by atoms with Crippen LogP contribution in [0.15, 0.2) is 29.2 Å². The molecular formula is C12H12N2O3. The summed E-state index contributed by atoms with van der Waals surface area (Å²) in [5.74, 6) is -1.21. The van der Waals surface area contributed by atoms with Gasteiger partial charge in [-0.15, -0.1) is 0 Å². The molecule has 5 nitrogen and oxygen atoms in total. The number of hydrogen-bond acceptors (Lipinski definition) is 3. The van der Waals surface area contributed by atoms with Crippen molar-refractivity contribution >= 4 is 16.9 Å². The van der Waals surface area contributed by atoms with Gasteiger partial charge in [0.15, 0.2) is 0 Å². The van der Waals surface area contributed by atoms with Gasteiger partial charge in [-0.2, -0.15) is 0 Å². The number of fused-ring (bicyclic) bond motifs is 1. The fourth-order valence-corrected chi connectivity index (χ4v) is 1.81. The van der Waals surface area contributed by atoms with E-state index < -0.39 is 11.4 Å². The van der Waals surface area contributed by atoms with Crippen molar-refractivity contribution in [2.24, 2.45) is 12.8 Å². The Morgan fingerprint density at radius 2 is 2.18 bits per heavy atom. The average Bonchev–Trinajstić information content (AvgIpc) is 2.32. The molecule has 0 radical (unpaired) electrons. The molecular weight excluding hydrogens is 220 g/mol. The zero-order chi connectivity index (χ0) is 12.6. The van der Waals surface area contributed by atoms with Gasteiger partial charge in [0.1, 0.15) is 5.56 Å². The van der Waals surface area contributed by atoms with E-state index in [1.807, 2.05) is 0 Å². The minimum absolute atomic E-state index is 0.222. The van der Waals surface area contributed by atoms with E-state index in [1.165, 1.54) is 6.20 Å². The number of nitrogens with zero attached hydrogens (tertiary/aromatic N) is 1. The molecule has 3 N–H and O–H groups in total. The van der Waals surface area contributed by atoms with Crippen molar-refractivity contribution in [3.8, 4) is 0 Å². The molecule has 2 aromatic rings. The molecule has 0 unspecified atom stereocenters. The van der Waals surface area contributed by atoms with Crippen molar-refractivity contribution in [1.82, 2.24) is 4.57 Å². The van der Waals surface area contributed by atoms with E-state index >= 15 is 0 Å². The van der Waals surface area contributed by atoms with Crippen molar-refractivity contribution in [2.45, 2.75) is 6.54 Å². The van der Waals surface area contributed by atoms with Crippen molar-refractivity contribution in [2.75, 3.05) is 0 Å². The second-order valence-corrected chi connectivity index (χ2v) is 3.84. The lowest BCUT2D eigenvalue weighted by Crippen LogP contribution is -2.18. The van der Waals surface area contributed by atoms with Gasteiger partial charge in [0.2, 0.25) is 5.43 Å². The van der Waals surface area contributed by atoms with Crippen LogP contribution in [0.25, 0.3) is 10.9 Å². The van der Waals surface area contributed by atoms with Crippen LogP contribution in [0.3, 0.4) is 0 Å². The Bertz CT molecular complexity index is 659. The molecule has 17 heavy (non-hydrogen) atoms. The van der Waals surface area contributed by atoms with Gasteiger partial charge in [0, 0.05) is 25.2 Å². The minimum Gasteiger partial charge on any atom is -0.477 e. The van der Waals surface area contributed by atoms with Crippen LogP contribution in [-0.2, 0) is 13.6 Å². The molecule has 0 atom stereocenters. The molecule has 0 aliphatic carbocycles. The quantitative estimate of drug-likeness (QED) is 0.797. The Labute approximate surface area is 97.1 Å². The number of aryl methyl sites for hydroxylation is 1. The summed E-state index contributed by atoms with van der Waals surface area (Å²) in [6.07, 6.45) is 1.33. The molecule has 0 bridgehead atoms. The standard InChI is InChI=1S/C12H12N2O3/c1-14-6-9(12(16)17)11(15)8-3-2-7(5-13)4-10(8)14/h2-4,6H,5,13H2,1H3,(H,16,17). The third kappa shape index (κ3) is 1.81. The molecule has 0 aliphatic heterocycles. The highest BCUT2D eigenvalue weighted by atomic mass is 16.4. The zero-order valence-electron chi connectivity index (χ0n) is 9.30. The Morgan fingerprint density at radius 1 is 1.47 bits per heavy atom. The lowest BCUT2D eigenvalue weighted by molar-refractivity contribution is 0.0695. The van der Waals surface area contributed by atoms with E-state index in [1.54, 1.807) is 29.8 Å². The molecule has 1 aromatic heterocycles. The van der Waals surface area contributed by atoms with Crippen LogP contribution in [0.4, 0.5) is 0 Å². The highest BCUT2D eigenvalue weighted by Gasteiger charge is 2.13. The summed E-state index contributed by atoms with van der Waals surface area (Å²) in [7, 11) is 1.70. The van der Waals surface area contributed by atoms with Gasteiger partial charge in [-0.25, -0.2) is 4.79 Å². The number of pyridine rings is 1. The van der Waals surface area contributed by atoms with Crippen LogP contribution >= 0.6 is 0 Å². The fourth-order valence-electron chi connectivity index (χ4n) is 1.81. The molecule has 0 fully saturated rings. The summed E-state index contributed by atoms with van der Waals surface area (Å²) in [5.41, 5.74) is 6.42. The number of carboxylic acid groups (broad SMARTS) is 1. The molecule has 0 saturated heterocycles. The smallest absolute Gasteiger partial charge is 0.341 e. The van der Waals surface area contributed by atoms with Crippen LogP contribution in [0, 0.1) is 0 Å². The molecule has 0 amide bonds. The Hall–Kier alpha value is -2.14. The Kier molecular flexibility index (Phi) is 2.69. The first-order valence-electron chi connectivity index (χ1n) is 5.10. The van der Waals surface area contributed by atoms with E-state index in [-0.39, 0.29) is 5.56 Å². The largest absolute Gasteiger partial charge is 0.477 e. The molecule has 1 heterocycles. The van der Waals surface area contributed by atoms with Crippen molar-refractivity contribution in [1.29, 1.82) is 0 Å². The Balaban J connectivity index is 2.87. The third-order valence-corrected chi connectivity index (χ3v) is 2.72. The fraction of sp³-hybridized carbons (Fsp3) is 0.167. The second kappa shape index (κ2) is 4.03. The highest BCUT2D eigenvalue weighted by molar-refractivity contribution is 5.92. The minimum atomic E-state index is -1.21. The molecule has 88 valence electrons. The van der Waals surface area contributed by atoms with E-state index in [2.05, 4.69) is 0 Å². The van der Waals surface area contributed by atoms with Crippen molar-refractivity contribution in [3.63, 3.8) is 0 Å². The number of benzene rings is 1. The molecule has 0 spiro atoms. The predicted molar refractivity (Wildman–Crippen MR) is 64.0 cm³/mol. The summed E-state index contributed by atoms with van der Waals surface area (Å²) in [4.78, 5) is 22.8. The lowest BCUT2D eigenvalue weighted by atomic mass is 10.1. The highest BCUT2D eigenvalue weighted by Crippen LogP contribution is 2.13. The number of rotatable bonds is 2. The molecule has 1 aromatic carbocycles. The third-order valence-electron chi connectivity index (χ3n) is 2.72. The number of nitrogens with two attached hydrogens (primary N) is 1. The van der Waals surface area contributed by atoms with Crippen molar-refractivity contribution in [3.05, 3.63) is 45.7 Å². The van der Waals surface area contributed by atoms with Gasteiger partial charge >= 0.3 is 5.97 Å². The molecule has 2 rings (SSSR count). The zero-order valence-corrected chi connectivity index (χ0v) is 9.30. The molecule has 5 heteroatoms. The maximum atomic E-state index is 11.9. The molecule has 0 aliphatic rings. The van der Waals surface area contributed by atoms with E-state index in [0.717, 1.165) is 5.56 Å². The van der Waals surface area contributed by atoms with E-state index in [9.17, 15) is 9.59 Å². The monoisotopic (exact) mass is 232 g/mol. The first-order chi connectivity index (χ1) is 8.04. The van der Waals surface area contributed by atoms with Crippen LogP contribution in [0.5, 0.6) is 0 Å². The number of hydrogen-bond donors (Lipinski definition) is 2. The maximum absolute atomic E-state index is 11.9. The first kappa shape index (κ1) is 11.3. The van der Waals surface area contributed by atoms with Crippen LogP contribution < -0.4 is 11.2 Å². The average molecular weight is 232 g/mol. The van der Waals surface area contributed by atoms with Gasteiger partial charge in [-0.3, -0.25) is 4.79 Å². The first-order valence-corrected chi connectivity index (χ1v) is 5.10. The normalized spacial score (nSPS) is 10.7. The Morgan fingerprint density at radius 3 is 2.76 bits per heavy atom. The van der Waals surface area contributed by atoms with Crippen molar-refractivity contribution < 1.29 is 9.90 Å². The second-order valence-electron chi connectivity index (χ2n) is 3.84. The lowest BCUT2D eigenvalue weighted by Gasteiger charge is -2.08.